The van der Waals surface area contributed by atoms with Crippen LogP contribution >= 0.6 is 0 Å². The molecule has 2 aromatic carbocycles. The molecule has 0 saturated carbocycles. The second-order valence-corrected chi connectivity index (χ2v) is 5.08. The van der Waals surface area contributed by atoms with E-state index in [1.807, 2.05) is 12.1 Å². The van der Waals surface area contributed by atoms with Gasteiger partial charge in [0.1, 0.15) is 12.4 Å². The highest BCUT2D eigenvalue weighted by Gasteiger charge is 2.27. The minimum Gasteiger partial charge on any atom is -0.508 e. The molecule has 6 nitrogen and oxygen atoms in total. The number of benzene rings is 2. The first kappa shape index (κ1) is 14.9. The third-order valence-electron chi connectivity index (χ3n) is 3.42. The average molecular weight is 312 g/mol. The van der Waals surface area contributed by atoms with Crippen molar-refractivity contribution < 1.29 is 19.4 Å². The summed E-state index contributed by atoms with van der Waals surface area (Å²) in [4.78, 5) is 12.1. The Bertz CT molecular complexity index is 741. The monoisotopic (exact) mass is 312 g/mol. The van der Waals surface area contributed by atoms with Crippen molar-refractivity contribution in [1.82, 2.24) is 5.43 Å². The highest BCUT2D eigenvalue weighted by atomic mass is 16.6. The number of para-hydroxylation sites is 2. The van der Waals surface area contributed by atoms with E-state index in [4.69, 9.17) is 9.47 Å². The molecule has 1 unspecified atom stereocenters. The molecule has 0 saturated heterocycles. The van der Waals surface area contributed by atoms with Gasteiger partial charge in [-0.25, -0.2) is 5.43 Å². The number of hydrogen-bond donors (Lipinski definition) is 2. The van der Waals surface area contributed by atoms with Gasteiger partial charge in [0.25, 0.3) is 5.91 Å². The summed E-state index contributed by atoms with van der Waals surface area (Å²) in [6, 6.07) is 13.8. The number of nitrogens with one attached hydrogen (secondary N) is 1. The molecule has 2 aromatic rings. The molecule has 1 aliphatic rings. The third-order valence-corrected chi connectivity index (χ3v) is 3.42. The molecule has 23 heavy (non-hydrogen) atoms. The van der Waals surface area contributed by atoms with Crippen molar-refractivity contribution >= 4 is 11.6 Å². The van der Waals surface area contributed by atoms with E-state index in [0.717, 1.165) is 5.56 Å². The van der Waals surface area contributed by atoms with Crippen LogP contribution in [0.2, 0.25) is 0 Å². The maximum atomic E-state index is 12.1. The van der Waals surface area contributed by atoms with E-state index in [2.05, 4.69) is 10.5 Å². The van der Waals surface area contributed by atoms with Crippen molar-refractivity contribution in [2.45, 2.75) is 13.0 Å². The molecule has 1 amide bonds. The number of carbonyl (C=O) groups is 1. The number of phenols is 1. The average Bonchev–Trinajstić information content (AvgIpc) is 2.59. The molecule has 0 aliphatic carbocycles. The van der Waals surface area contributed by atoms with Crippen molar-refractivity contribution in [1.29, 1.82) is 0 Å². The fourth-order valence-electron chi connectivity index (χ4n) is 2.13. The number of hydrogen-bond acceptors (Lipinski definition) is 5. The molecule has 0 radical (unpaired) electrons. The quantitative estimate of drug-likeness (QED) is 0.671. The third kappa shape index (κ3) is 3.42. The summed E-state index contributed by atoms with van der Waals surface area (Å²) in [5.74, 6) is 0.966. The largest absolute Gasteiger partial charge is 0.508 e. The lowest BCUT2D eigenvalue weighted by atomic mass is 10.1. The van der Waals surface area contributed by atoms with Gasteiger partial charge in [-0.15, -0.1) is 0 Å². The smallest absolute Gasteiger partial charge is 0.284 e. The molecule has 3 rings (SSSR count). The van der Waals surface area contributed by atoms with Gasteiger partial charge in [0, 0.05) is 0 Å². The van der Waals surface area contributed by atoms with Crippen molar-refractivity contribution in [3.63, 3.8) is 0 Å². The Morgan fingerprint density at radius 3 is 2.61 bits per heavy atom. The second kappa shape index (κ2) is 6.39. The molecule has 0 aromatic heterocycles. The van der Waals surface area contributed by atoms with Gasteiger partial charge in [-0.2, -0.15) is 5.10 Å². The van der Waals surface area contributed by atoms with Crippen LogP contribution in [0.4, 0.5) is 0 Å². The van der Waals surface area contributed by atoms with Gasteiger partial charge in [-0.1, -0.05) is 12.1 Å². The van der Waals surface area contributed by atoms with E-state index in [-0.39, 0.29) is 18.3 Å². The summed E-state index contributed by atoms with van der Waals surface area (Å²) in [5.41, 5.74) is 3.90. The van der Waals surface area contributed by atoms with Crippen LogP contribution < -0.4 is 14.9 Å². The SMILES string of the molecule is CC(=NNC(=O)C1COc2ccccc2O1)c1ccc(O)cc1. The Morgan fingerprint density at radius 1 is 1.17 bits per heavy atom. The Labute approximate surface area is 133 Å². The summed E-state index contributed by atoms with van der Waals surface area (Å²) in [6.07, 6.45) is -0.749. The van der Waals surface area contributed by atoms with Crippen LogP contribution in [0.15, 0.2) is 53.6 Å². The van der Waals surface area contributed by atoms with Crippen molar-refractivity contribution in [3.8, 4) is 17.2 Å². The van der Waals surface area contributed by atoms with Crippen LogP contribution in [0.25, 0.3) is 0 Å². The predicted octanol–water partition coefficient (Wildman–Crippen LogP) is 2.07. The first-order valence-corrected chi connectivity index (χ1v) is 7.15. The molecular formula is C17H16N2O4. The highest BCUT2D eigenvalue weighted by Crippen LogP contribution is 2.30. The number of nitrogens with zero attached hydrogens (tertiary/aromatic N) is 1. The van der Waals surface area contributed by atoms with Crippen LogP contribution in [0.5, 0.6) is 17.2 Å². The lowest BCUT2D eigenvalue weighted by Gasteiger charge is -2.24. The number of fused-ring (bicyclic) bond motifs is 1. The first-order valence-electron chi connectivity index (χ1n) is 7.15. The summed E-state index contributed by atoms with van der Waals surface area (Å²) in [7, 11) is 0. The molecule has 2 N–H and O–H groups in total. The van der Waals surface area contributed by atoms with E-state index in [9.17, 15) is 9.90 Å². The van der Waals surface area contributed by atoms with Crippen LogP contribution in [0.1, 0.15) is 12.5 Å². The number of ether oxygens (including phenoxy) is 2. The number of rotatable bonds is 3. The van der Waals surface area contributed by atoms with E-state index >= 15 is 0 Å². The van der Waals surface area contributed by atoms with Gasteiger partial charge in [0.2, 0.25) is 6.10 Å². The summed E-state index contributed by atoms with van der Waals surface area (Å²) < 4.78 is 11.1. The molecular weight excluding hydrogens is 296 g/mol. The zero-order valence-electron chi connectivity index (χ0n) is 12.5. The van der Waals surface area contributed by atoms with Gasteiger partial charge in [-0.3, -0.25) is 4.79 Å². The molecule has 0 bridgehead atoms. The van der Waals surface area contributed by atoms with E-state index in [1.165, 1.54) is 0 Å². The van der Waals surface area contributed by atoms with E-state index in [1.54, 1.807) is 43.3 Å². The Morgan fingerprint density at radius 2 is 1.87 bits per heavy atom. The van der Waals surface area contributed by atoms with Crippen molar-refractivity contribution in [3.05, 3.63) is 54.1 Å². The van der Waals surface area contributed by atoms with Gasteiger partial charge in [-0.05, 0) is 48.9 Å². The van der Waals surface area contributed by atoms with Crippen LogP contribution in [-0.4, -0.2) is 29.4 Å². The zero-order chi connectivity index (χ0) is 16.2. The van der Waals surface area contributed by atoms with Gasteiger partial charge in [0.15, 0.2) is 11.5 Å². The Balaban J connectivity index is 1.63. The molecule has 1 aliphatic heterocycles. The topological polar surface area (TPSA) is 80.2 Å². The number of hydrazone groups is 1. The summed E-state index contributed by atoms with van der Waals surface area (Å²) >= 11 is 0. The van der Waals surface area contributed by atoms with E-state index < -0.39 is 6.10 Å². The number of phenolic OH excluding ortho intramolecular Hbond substituents is 1. The zero-order valence-corrected chi connectivity index (χ0v) is 12.5. The van der Waals surface area contributed by atoms with Crippen molar-refractivity contribution in [2.24, 2.45) is 5.10 Å². The maximum Gasteiger partial charge on any atom is 0.284 e. The molecule has 0 fully saturated rings. The highest BCUT2D eigenvalue weighted by molar-refractivity contribution is 5.99. The van der Waals surface area contributed by atoms with Crippen LogP contribution in [0, 0.1) is 0 Å². The molecule has 6 heteroatoms. The van der Waals surface area contributed by atoms with Gasteiger partial charge >= 0.3 is 0 Å². The Kier molecular flexibility index (Phi) is 4.14. The normalized spacial score (nSPS) is 16.7. The van der Waals surface area contributed by atoms with Crippen LogP contribution in [-0.2, 0) is 4.79 Å². The summed E-state index contributed by atoms with van der Waals surface area (Å²) in [6.45, 7) is 1.90. The number of carbonyl (C=O) groups excluding carboxylic acids is 1. The fraction of sp³-hybridized carbons (Fsp3) is 0.176. The minimum absolute atomic E-state index is 0.136. The lowest BCUT2D eigenvalue weighted by Crippen LogP contribution is -2.42. The minimum atomic E-state index is -0.749. The molecule has 1 heterocycles. The fourth-order valence-corrected chi connectivity index (χ4v) is 2.13. The maximum absolute atomic E-state index is 12.1. The predicted molar refractivity (Wildman–Crippen MR) is 84.8 cm³/mol. The molecule has 1 atom stereocenters. The standard InChI is InChI=1S/C17H16N2O4/c1-11(12-6-8-13(20)9-7-12)18-19-17(21)16-10-22-14-4-2-3-5-15(14)23-16/h2-9,16,20H,10H2,1H3,(H,19,21). The first-order chi connectivity index (χ1) is 11.1. The number of aromatic hydroxyl groups is 1. The summed E-state index contributed by atoms with van der Waals surface area (Å²) in [5, 5.41) is 13.3. The van der Waals surface area contributed by atoms with Gasteiger partial charge in [0.05, 0.1) is 5.71 Å². The lowest BCUT2D eigenvalue weighted by molar-refractivity contribution is -0.130. The molecule has 118 valence electrons. The molecule has 0 spiro atoms. The Hall–Kier alpha value is -3.02. The van der Waals surface area contributed by atoms with Gasteiger partial charge < -0.3 is 14.6 Å². The number of amides is 1. The van der Waals surface area contributed by atoms with Crippen molar-refractivity contribution in [2.75, 3.05) is 6.61 Å². The van der Waals surface area contributed by atoms with Crippen LogP contribution in [0.3, 0.4) is 0 Å². The van der Waals surface area contributed by atoms with E-state index in [0.29, 0.717) is 17.2 Å². The second-order valence-electron chi connectivity index (χ2n) is 5.08.